The molecule has 5 aliphatic carbocycles. The molecule has 0 aromatic heterocycles. The lowest BCUT2D eigenvalue weighted by Crippen LogP contribution is -2.64. The second-order valence-corrected chi connectivity index (χ2v) is 15.6. The molecule has 0 aromatic rings. The fourth-order valence-electron chi connectivity index (χ4n) is 11.2. The van der Waals surface area contributed by atoms with Crippen LogP contribution in [0.15, 0.2) is 11.6 Å². The number of carbonyl (C=O) groups is 3. The highest BCUT2D eigenvalue weighted by Gasteiger charge is 2.84. The Hall–Kier alpha value is -1.81. The number of esters is 1. The number of aliphatic hydroxyl groups is 1. The maximum absolute atomic E-state index is 13.7. The van der Waals surface area contributed by atoms with Gasteiger partial charge < -0.3 is 34.0 Å². The molecule has 0 spiro atoms. The SMILES string of the molecule is CO[C@H]1[C@@H](OC(=O)[C@H]2CC[C@H](C)CC2)[C@H](O)[C@H](OCC23CC4C(C)CCC4C4(C=O)CC2C=C(C(C)C)C43C(=O)O)O[C@@H]1C. The van der Waals surface area contributed by atoms with E-state index < -0.39 is 52.9 Å². The second kappa shape index (κ2) is 11.5. The number of aliphatic hydroxyl groups excluding tert-OH is 1. The molecule has 4 bridgehead atoms. The molecule has 0 aromatic carbocycles. The third-order valence-electron chi connectivity index (χ3n) is 13.3. The van der Waals surface area contributed by atoms with Gasteiger partial charge in [0.2, 0.25) is 0 Å². The molecular weight excluding hydrogens is 564 g/mol. The predicted octanol–water partition coefficient (Wildman–Crippen LogP) is 4.79. The summed E-state index contributed by atoms with van der Waals surface area (Å²) in [5.41, 5.74) is -2.39. The number of ether oxygens (including phenoxy) is 4. The first-order chi connectivity index (χ1) is 20.9. The number of aliphatic carboxylic acids is 1. The van der Waals surface area contributed by atoms with Crippen LogP contribution in [0.1, 0.15) is 86.0 Å². The van der Waals surface area contributed by atoms with Crippen LogP contribution in [0.5, 0.6) is 0 Å². The van der Waals surface area contributed by atoms with Crippen LogP contribution in [-0.4, -0.2) is 72.9 Å². The smallest absolute Gasteiger partial charge is 0.315 e. The van der Waals surface area contributed by atoms with Crippen molar-refractivity contribution in [2.75, 3.05) is 13.7 Å². The van der Waals surface area contributed by atoms with Gasteiger partial charge in [-0.25, -0.2) is 0 Å². The van der Waals surface area contributed by atoms with E-state index in [9.17, 15) is 24.6 Å². The third kappa shape index (κ3) is 4.27. The topological polar surface area (TPSA) is 129 Å². The average Bonchev–Trinajstić information content (AvgIpc) is 3.56. The summed E-state index contributed by atoms with van der Waals surface area (Å²) in [5.74, 6) is -0.446. The zero-order chi connectivity index (χ0) is 31.8. The van der Waals surface area contributed by atoms with E-state index >= 15 is 0 Å². The molecule has 1 heterocycles. The standard InChI is InChI=1S/C35H52O9/c1-18(2)26-13-23-14-33(16-36)25-12-9-20(4)24(25)15-34(23,35(26,33)32(39)40)17-42-31-27(37)29(28(41-6)21(5)43-31)44-30(38)22-10-7-19(3)8-11-22/h13,16,18-25,27-29,31,37H,7-12,14-15,17H2,1-6H3,(H,39,40)/t19-,20?,21-,22-,23?,24?,25?,27+,28-,29+,31-,33?,34?,35?/m1/s1. The average molecular weight is 617 g/mol. The molecule has 1 aliphatic heterocycles. The number of hydrogen-bond donors (Lipinski definition) is 2. The molecule has 0 amide bonds. The van der Waals surface area contributed by atoms with E-state index in [-0.39, 0.29) is 42.2 Å². The summed E-state index contributed by atoms with van der Waals surface area (Å²) in [4.78, 5) is 40.3. The zero-order valence-corrected chi connectivity index (χ0v) is 27.2. The van der Waals surface area contributed by atoms with Crippen molar-refractivity contribution in [1.82, 2.24) is 0 Å². The highest BCUT2D eigenvalue weighted by molar-refractivity contribution is 5.90. The Morgan fingerprint density at radius 1 is 1.07 bits per heavy atom. The lowest BCUT2D eigenvalue weighted by atomic mass is 9.43. The predicted molar refractivity (Wildman–Crippen MR) is 160 cm³/mol. The van der Waals surface area contributed by atoms with Gasteiger partial charge in [-0.1, -0.05) is 45.8 Å². The van der Waals surface area contributed by atoms with Crippen molar-refractivity contribution in [2.24, 2.45) is 57.7 Å². The van der Waals surface area contributed by atoms with Crippen molar-refractivity contribution in [2.45, 2.75) is 117 Å². The summed E-state index contributed by atoms with van der Waals surface area (Å²) in [6.07, 6.45) is 4.90. The number of carboxylic acid groups (broad SMARTS) is 1. The summed E-state index contributed by atoms with van der Waals surface area (Å²) in [6.45, 7) is 10.3. The summed E-state index contributed by atoms with van der Waals surface area (Å²) >= 11 is 0. The summed E-state index contributed by atoms with van der Waals surface area (Å²) < 4.78 is 24.3. The van der Waals surface area contributed by atoms with Crippen LogP contribution in [-0.2, 0) is 33.3 Å². The van der Waals surface area contributed by atoms with Gasteiger partial charge in [0.05, 0.1) is 24.0 Å². The maximum Gasteiger partial charge on any atom is 0.315 e. The number of methoxy groups -OCH3 is 1. The van der Waals surface area contributed by atoms with Gasteiger partial charge in [-0.05, 0) is 87.4 Å². The molecule has 44 heavy (non-hydrogen) atoms. The minimum Gasteiger partial charge on any atom is -0.481 e. The number of hydrogen-bond acceptors (Lipinski definition) is 8. The van der Waals surface area contributed by atoms with Crippen LogP contribution in [0.4, 0.5) is 0 Å². The van der Waals surface area contributed by atoms with E-state index in [1.807, 2.05) is 13.8 Å². The van der Waals surface area contributed by atoms with Gasteiger partial charge in [0.25, 0.3) is 0 Å². The summed E-state index contributed by atoms with van der Waals surface area (Å²) in [7, 11) is 1.51. The number of carbonyl (C=O) groups excluding carboxylic acids is 2. The fourth-order valence-corrected chi connectivity index (χ4v) is 11.2. The van der Waals surface area contributed by atoms with Crippen LogP contribution < -0.4 is 0 Å². The number of aldehydes is 1. The Labute approximate surface area is 261 Å². The molecule has 5 fully saturated rings. The highest BCUT2D eigenvalue weighted by atomic mass is 16.7. The second-order valence-electron chi connectivity index (χ2n) is 15.6. The molecule has 6 aliphatic rings. The van der Waals surface area contributed by atoms with Crippen molar-refractivity contribution in [3.8, 4) is 0 Å². The molecule has 12 atom stereocenters. The van der Waals surface area contributed by atoms with Crippen LogP contribution >= 0.6 is 0 Å². The van der Waals surface area contributed by atoms with Gasteiger partial charge in [0.15, 0.2) is 12.4 Å². The van der Waals surface area contributed by atoms with Gasteiger partial charge in [0.1, 0.15) is 23.9 Å². The normalized spacial score (nSPS) is 49.5. The van der Waals surface area contributed by atoms with E-state index in [4.69, 9.17) is 18.9 Å². The Balaban J connectivity index is 1.30. The molecule has 9 nitrogen and oxygen atoms in total. The van der Waals surface area contributed by atoms with Crippen molar-refractivity contribution >= 4 is 18.2 Å². The molecular formula is C35H52O9. The molecule has 9 heteroatoms. The van der Waals surface area contributed by atoms with Gasteiger partial charge in [0, 0.05) is 12.5 Å². The molecule has 2 N–H and O–H groups in total. The van der Waals surface area contributed by atoms with Crippen LogP contribution in [0.2, 0.25) is 0 Å². The Bertz CT molecular complexity index is 1170. The van der Waals surface area contributed by atoms with Crippen LogP contribution in [0.3, 0.4) is 0 Å². The summed E-state index contributed by atoms with van der Waals surface area (Å²) in [6, 6.07) is 0. The first-order valence-corrected chi connectivity index (χ1v) is 17.0. The van der Waals surface area contributed by atoms with E-state index in [0.717, 1.165) is 50.4 Å². The van der Waals surface area contributed by atoms with Crippen molar-refractivity contribution in [3.05, 3.63) is 11.6 Å². The zero-order valence-electron chi connectivity index (χ0n) is 27.2. The summed E-state index contributed by atoms with van der Waals surface area (Å²) in [5, 5.41) is 22.8. The van der Waals surface area contributed by atoms with Gasteiger partial charge >= 0.3 is 11.9 Å². The number of fused-ring (bicyclic) bond motifs is 2. The third-order valence-corrected chi connectivity index (χ3v) is 13.3. The minimum absolute atomic E-state index is 0.0233. The lowest BCUT2D eigenvalue weighted by Gasteiger charge is -2.58. The van der Waals surface area contributed by atoms with Crippen molar-refractivity contribution < 1.29 is 43.5 Å². The van der Waals surface area contributed by atoms with Gasteiger partial charge in [-0.2, -0.15) is 0 Å². The minimum atomic E-state index is -1.38. The Morgan fingerprint density at radius 3 is 2.39 bits per heavy atom. The van der Waals surface area contributed by atoms with Gasteiger partial charge in [-0.15, -0.1) is 0 Å². The maximum atomic E-state index is 13.7. The lowest BCUT2D eigenvalue weighted by molar-refractivity contribution is -0.309. The largest absolute Gasteiger partial charge is 0.481 e. The van der Waals surface area contributed by atoms with Crippen LogP contribution in [0, 0.1) is 57.7 Å². The number of carboxylic acids is 1. The molecule has 1 saturated heterocycles. The molecule has 0 radical (unpaired) electrons. The molecule has 246 valence electrons. The first-order valence-electron chi connectivity index (χ1n) is 17.0. The van der Waals surface area contributed by atoms with E-state index in [0.29, 0.717) is 24.7 Å². The first kappa shape index (κ1) is 32.1. The fraction of sp³-hybridized carbons (Fsp3) is 0.857. The van der Waals surface area contributed by atoms with E-state index in [1.54, 1.807) is 6.92 Å². The van der Waals surface area contributed by atoms with Crippen LogP contribution in [0.25, 0.3) is 0 Å². The van der Waals surface area contributed by atoms with E-state index in [2.05, 4.69) is 19.9 Å². The molecule has 7 unspecified atom stereocenters. The number of rotatable bonds is 9. The number of allylic oxidation sites excluding steroid dienone is 1. The Kier molecular flexibility index (Phi) is 8.37. The highest BCUT2D eigenvalue weighted by Crippen LogP contribution is 2.82. The van der Waals surface area contributed by atoms with Crippen molar-refractivity contribution in [1.29, 1.82) is 0 Å². The molecule has 6 rings (SSSR count). The quantitative estimate of drug-likeness (QED) is 0.214. The monoisotopic (exact) mass is 616 g/mol. The van der Waals surface area contributed by atoms with E-state index in [1.165, 1.54) is 7.11 Å². The molecule has 4 saturated carbocycles. The Morgan fingerprint density at radius 2 is 1.77 bits per heavy atom. The van der Waals surface area contributed by atoms with Crippen molar-refractivity contribution in [3.63, 3.8) is 0 Å². The van der Waals surface area contributed by atoms with Gasteiger partial charge in [-0.3, -0.25) is 9.59 Å².